The molecule has 2 heterocycles. The molecule has 0 aliphatic carbocycles. The molecule has 1 aliphatic rings. The van der Waals surface area contributed by atoms with Crippen molar-refractivity contribution in [1.82, 2.24) is 4.57 Å². The number of para-hydroxylation sites is 2. The van der Waals surface area contributed by atoms with Crippen LogP contribution in [0.3, 0.4) is 0 Å². The minimum Gasteiger partial charge on any atom is -0.307 e. The van der Waals surface area contributed by atoms with Crippen LogP contribution in [0.5, 0.6) is 0 Å². The molecule has 0 fully saturated rings. The van der Waals surface area contributed by atoms with Gasteiger partial charge in [-0.25, -0.2) is 0 Å². The lowest BCUT2D eigenvalue weighted by Crippen LogP contribution is -2.01. The number of aromatic nitrogens is 1. The Bertz CT molecular complexity index is 1620. The fourth-order valence-corrected chi connectivity index (χ4v) is 6.00. The molecule has 0 radical (unpaired) electrons. The Morgan fingerprint density at radius 3 is 2.30 bits per heavy atom. The minimum absolute atomic E-state index is 1.27. The summed E-state index contributed by atoms with van der Waals surface area (Å²) in [6.45, 7) is 0. The molecule has 0 saturated heterocycles. The Labute approximate surface area is 178 Å². The van der Waals surface area contributed by atoms with Crippen molar-refractivity contribution in [3.05, 3.63) is 103 Å². The lowest BCUT2D eigenvalue weighted by molar-refractivity contribution is 1.09. The molecule has 6 aromatic rings. The number of hydrogen-bond acceptors (Lipinski definition) is 1. The Morgan fingerprint density at radius 2 is 1.33 bits per heavy atom. The molecule has 0 spiro atoms. The molecule has 7 rings (SSSR count). The predicted molar refractivity (Wildman–Crippen MR) is 128 cm³/mol. The van der Waals surface area contributed by atoms with Crippen LogP contribution in [0.2, 0.25) is 0 Å². The maximum Gasteiger partial charge on any atom is 0.0681 e. The van der Waals surface area contributed by atoms with E-state index in [-0.39, 0.29) is 0 Å². The molecule has 1 aliphatic heterocycles. The van der Waals surface area contributed by atoms with Gasteiger partial charge in [0.25, 0.3) is 0 Å². The molecule has 0 amide bonds. The average Bonchev–Trinajstić information content (AvgIpc) is 3.14. The molecule has 0 unspecified atom stereocenters. The van der Waals surface area contributed by atoms with Gasteiger partial charge in [0, 0.05) is 20.6 Å². The van der Waals surface area contributed by atoms with E-state index in [4.69, 9.17) is 0 Å². The lowest BCUT2D eigenvalue weighted by atomic mass is 9.97. The van der Waals surface area contributed by atoms with Crippen LogP contribution in [0.4, 0.5) is 0 Å². The summed E-state index contributed by atoms with van der Waals surface area (Å²) in [5.74, 6) is 0. The Morgan fingerprint density at radius 1 is 0.567 bits per heavy atom. The zero-order valence-corrected chi connectivity index (χ0v) is 17.0. The summed E-state index contributed by atoms with van der Waals surface area (Å²) < 4.78 is 2.44. The van der Waals surface area contributed by atoms with Crippen LogP contribution in [0.25, 0.3) is 49.4 Å². The standard InChI is InChI=1S/C28H17NS/c1-2-10-20-18(8-1)9-7-12-21(20)19-16-23-22-11-3-4-13-24(22)29-25-14-5-6-15-26(25)30-27(17-19)28(23)29/h1-17H. The van der Waals surface area contributed by atoms with Crippen LogP contribution >= 0.6 is 11.8 Å². The quantitative estimate of drug-likeness (QED) is 0.270. The largest absolute Gasteiger partial charge is 0.307 e. The van der Waals surface area contributed by atoms with E-state index in [1.165, 1.54) is 59.2 Å². The molecule has 0 bridgehead atoms. The fraction of sp³-hybridized carbons (Fsp3) is 0. The molecule has 0 saturated carbocycles. The first-order valence-corrected chi connectivity index (χ1v) is 11.0. The molecule has 0 atom stereocenters. The maximum absolute atomic E-state index is 2.44. The third-order valence-corrected chi connectivity index (χ3v) is 7.26. The summed E-state index contributed by atoms with van der Waals surface area (Å²) in [6, 6.07) is 37.5. The van der Waals surface area contributed by atoms with Crippen LogP contribution in [-0.4, -0.2) is 4.57 Å². The summed E-state index contributed by atoms with van der Waals surface area (Å²) in [4.78, 5) is 2.63. The van der Waals surface area contributed by atoms with E-state index in [9.17, 15) is 0 Å². The van der Waals surface area contributed by atoms with Crippen molar-refractivity contribution in [2.75, 3.05) is 0 Å². The summed E-state index contributed by atoms with van der Waals surface area (Å²) in [7, 11) is 0. The number of rotatable bonds is 1. The second-order valence-electron chi connectivity index (χ2n) is 7.82. The van der Waals surface area contributed by atoms with Crippen LogP contribution in [-0.2, 0) is 0 Å². The van der Waals surface area contributed by atoms with Gasteiger partial charge in [-0.3, -0.25) is 0 Å². The summed E-state index contributed by atoms with van der Waals surface area (Å²) >= 11 is 1.88. The number of hydrogen-bond donors (Lipinski definition) is 0. The zero-order valence-electron chi connectivity index (χ0n) is 16.2. The Balaban J connectivity index is 1.64. The molecule has 5 aromatic carbocycles. The van der Waals surface area contributed by atoms with E-state index in [2.05, 4.69) is 108 Å². The van der Waals surface area contributed by atoms with Gasteiger partial charge in [0.2, 0.25) is 0 Å². The maximum atomic E-state index is 2.44. The van der Waals surface area contributed by atoms with Crippen molar-refractivity contribution in [2.45, 2.75) is 9.79 Å². The molecule has 140 valence electrons. The topological polar surface area (TPSA) is 4.93 Å². The predicted octanol–water partition coefficient (Wildman–Crippen LogP) is 8.07. The van der Waals surface area contributed by atoms with Gasteiger partial charge in [-0.15, -0.1) is 0 Å². The van der Waals surface area contributed by atoms with Gasteiger partial charge in [-0.05, 0) is 52.2 Å². The SMILES string of the molecule is c1ccc2c(c1)Sc1cc(-c3cccc4ccccc34)cc3c4ccccc4n-2c13. The van der Waals surface area contributed by atoms with Gasteiger partial charge < -0.3 is 4.57 Å². The zero-order chi connectivity index (χ0) is 19.7. The van der Waals surface area contributed by atoms with Gasteiger partial charge in [-0.2, -0.15) is 0 Å². The molecular formula is C28H17NS. The van der Waals surface area contributed by atoms with Crippen molar-refractivity contribution in [1.29, 1.82) is 0 Å². The Kier molecular flexibility index (Phi) is 3.27. The molecule has 30 heavy (non-hydrogen) atoms. The average molecular weight is 400 g/mol. The normalized spacial score (nSPS) is 12.5. The molecule has 0 N–H and O–H groups in total. The highest BCUT2D eigenvalue weighted by Gasteiger charge is 2.23. The van der Waals surface area contributed by atoms with E-state index in [1.807, 2.05) is 11.8 Å². The molecule has 1 nitrogen and oxygen atoms in total. The Hall–Kier alpha value is -3.49. The third kappa shape index (κ3) is 2.14. The van der Waals surface area contributed by atoms with Crippen LogP contribution in [0.15, 0.2) is 113 Å². The summed E-state index contributed by atoms with van der Waals surface area (Å²) in [5, 5.41) is 5.22. The van der Waals surface area contributed by atoms with Gasteiger partial charge in [0.1, 0.15) is 0 Å². The first-order chi connectivity index (χ1) is 14.9. The third-order valence-electron chi connectivity index (χ3n) is 6.16. The van der Waals surface area contributed by atoms with E-state index in [0.717, 1.165) is 0 Å². The molecular weight excluding hydrogens is 382 g/mol. The number of benzene rings is 5. The van der Waals surface area contributed by atoms with E-state index in [0.29, 0.717) is 0 Å². The second-order valence-corrected chi connectivity index (χ2v) is 8.90. The monoisotopic (exact) mass is 399 g/mol. The molecule has 1 aromatic heterocycles. The van der Waals surface area contributed by atoms with Crippen LogP contribution < -0.4 is 0 Å². The lowest BCUT2D eigenvalue weighted by Gasteiger charge is -2.20. The smallest absolute Gasteiger partial charge is 0.0681 e. The van der Waals surface area contributed by atoms with Gasteiger partial charge in [-0.1, -0.05) is 84.6 Å². The minimum atomic E-state index is 1.27. The second kappa shape index (κ2) is 6.01. The highest BCUT2D eigenvalue weighted by atomic mass is 32.2. The van der Waals surface area contributed by atoms with E-state index in [1.54, 1.807) is 0 Å². The first-order valence-electron chi connectivity index (χ1n) is 10.2. The van der Waals surface area contributed by atoms with Gasteiger partial charge >= 0.3 is 0 Å². The van der Waals surface area contributed by atoms with Crippen LogP contribution in [0.1, 0.15) is 0 Å². The van der Waals surface area contributed by atoms with Crippen molar-refractivity contribution < 1.29 is 0 Å². The van der Waals surface area contributed by atoms with Crippen molar-refractivity contribution in [3.63, 3.8) is 0 Å². The van der Waals surface area contributed by atoms with Gasteiger partial charge in [0.15, 0.2) is 0 Å². The molecule has 2 heteroatoms. The summed E-state index contributed by atoms with van der Waals surface area (Å²) in [5.41, 5.74) is 6.45. The number of nitrogens with zero attached hydrogens (tertiary/aromatic N) is 1. The van der Waals surface area contributed by atoms with Crippen LogP contribution in [0, 0.1) is 0 Å². The van der Waals surface area contributed by atoms with Crippen molar-refractivity contribution >= 4 is 44.3 Å². The highest BCUT2D eigenvalue weighted by Crippen LogP contribution is 2.48. The van der Waals surface area contributed by atoms with Crippen molar-refractivity contribution in [2.24, 2.45) is 0 Å². The van der Waals surface area contributed by atoms with Gasteiger partial charge in [0.05, 0.1) is 16.7 Å². The number of fused-ring (bicyclic) bond motifs is 6. The highest BCUT2D eigenvalue weighted by molar-refractivity contribution is 7.99. The fourth-order valence-electron chi connectivity index (χ4n) is 4.87. The first kappa shape index (κ1) is 16.3. The van der Waals surface area contributed by atoms with E-state index < -0.39 is 0 Å². The van der Waals surface area contributed by atoms with Crippen molar-refractivity contribution in [3.8, 4) is 16.8 Å². The summed E-state index contributed by atoms with van der Waals surface area (Å²) in [6.07, 6.45) is 0. The van der Waals surface area contributed by atoms with E-state index >= 15 is 0 Å².